The first-order valence-corrected chi connectivity index (χ1v) is 9.59. The van der Waals surface area contributed by atoms with Crippen LogP contribution in [-0.4, -0.2) is 38.5 Å². The molecule has 3 fully saturated rings. The number of hydrogen-bond acceptors (Lipinski definition) is 4. The summed E-state index contributed by atoms with van der Waals surface area (Å²) < 4.78 is 33.4. The summed E-state index contributed by atoms with van der Waals surface area (Å²) in [6.07, 6.45) is 3.31. The molecule has 2 atom stereocenters. The Labute approximate surface area is 140 Å². The van der Waals surface area contributed by atoms with E-state index >= 15 is 0 Å². The number of ether oxygens (including phenoxy) is 1. The van der Waals surface area contributed by atoms with Gasteiger partial charge in [-0.2, -0.15) is 9.57 Å². The van der Waals surface area contributed by atoms with Crippen LogP contribution in [0.15, 0.2) is 23.1 Å². The largest absolute Gasteiger partial charge is 0.379 e. The average molecular weight is 353 g/mol. The summed E-state index contributed by atoms with van der Waals surface area (Å²) in [7, 11) is -3.68. The van der Waals surface area contributed by atoms with Crippen molar-refractivity contribution in [3.8, 4) is 6.07 Å². The molecule has 1 aliphatic carbocycles. The van der Waals surface area contributed by atoms with E-state index < -0.39 is 10.0 Å². The molecule has 0 bridgehead atoms. The van der Waals surface area contributed by atoms with E-state index in [-0.39, 0.29) is 21.4 Å². The number of rotatable bonds is 2. The highest BCUT2D eigenvalue weighted by Crippen LogP contribution is 2.56. The Morgan fingerprint density at radius 2 is 2.13 bits per heavy atom. The van der Waals surface area contributed by atoms with Gasteiger partial charge in [-0.05, 0) is 36.5 Å². The minimum atomic E-state index is -3.68. The van der Waals surface area contributed by atoms with E-state index in [1.54, 1.807) is 4.31 Å². The molecule has 2 saturated heterocycles. The summed E-state index contributed by atoms with van der Waals surface area (Å²) in [5.74, 6) is 0.295. The highest BCUT2D eigenvalue weighted by atomic mass is 35.5. The van der Waals surface area contributed by atoms with E-state index in [9.17, 15) is 8.42 Å². The molecule has 1 aromatic rings. The number of fused-ring (bicyclic) bond motifs is 2. The molecule has 0 amide bonds. The standard InChI is InChI=1S/C16H17ClN2O3S/c17-13-6-11(7-18)2-3-15(13)23(20,21)19-10-16(4-1-5-16)12-8-22-9-14(12)19/h2-3,6,12,14H,1,4-5,8-10H2. The van der Waals surface area contributed by atoms with Gasteiger partial charge in [-0.3, -0.25) is 0 Å². The van der Waals surface area contributed by atoms with Gasteiger partial charge in [0.25, 0.3) is 0 Å². The van der Waals surface area contributed by atoms with Crippen LogP contribution >= 0.6 is 11.6 Å². The Kier molecular flexibility index (Phi) is 3.47. The zero-order valence-electron chi connectivity index (χ0n) is 12.5. The monoisotopic (exact) mass is 352 g/mol. The second-order valence-electron chi connectivity index (χ2n) is 6.73. The molecular weight excluding hydrogens is 336 g/mol. The number of benzene rings is 1. The normalized spacial score (nSPS) is 29.2. The summed E-state index contributed by atoms with van der Waals surface area (Å²) in [6, 6.07) is 6.22. The van der Waals surface area contributed by atoms with Gasteiger partial charge in [-0.25, -0.2) is 8.42 Å². The molecule has 3 aliphatic rings. The topological polar surface area (TPSA) is 70.4 Å². The minimum Gasteiger partial charge on any atom is -0.379 e. The number of nitriles is 1. The first kappa shape index (κ1) is 15.4. The van der Waals surface area contributed by atoms with E-state index in [2.05, 4.69) is 0 Å². The first-order chi connectivity index (χ1) is 11.0. The van der Waals surface area contributed by atoms with Gasteiger partial charge in [0, 0.05) is 12.5 Å². The van der Waals surface area contributed by atoms with Crippen molar-refractivity contribution in [2.24, 2.45) is 11.3 Å². The Morgan fingerprint density at radius 3 is 2.74 bits per heavy atom. The molecule has 1 saturated carbocycles. The van der Waals surface area contributed by atoms with Gasteiger partial charge in [0.1, 0.15) is 4.90 Å². The highest BCUT2D eigenvalue weighted by molar-refractivity contribution is 7.89. The molecule has 5 nitrogen and oxygen atoms in total. The van der Waals surface area contributed by atoms with E-state index in [1.807, 2.05) is 6.07 Å². The van der Waals surface area contributed by atoms with Gasteiger partial charge in [-0.1, -0.05) is 18.0 Å². The third-order valence-corrected chi connectivity index (χ3v) is 8.03. The van der Waals surface area contributed by atoms with Crippen LogP contribution in [0.25, 0.3) is 0 Å². The van der Waals surface area contributed by atoms with Crippen LogP contribution in [0.5, 0.6) is 0 Å². The van der Waals surface area contributed by atoms with Crippen molar-refractivity contribution >= 4 is 21.6 Å². The van der Waals surface area contributed by atoms with Gasteiger partial charge in [0.15, 0.2) is 0 Å². The molecule has 4 rings (SSSR count). The van der Waals surface area contributed by atoms with E-state index in [0.29, 0.717) is 31.2 Å². The van der Waals surface area contributed by atoms with Crippen LogP contribution in [-0.2, 0) is 14.8 Å². The lowest BCUT2D eigenvalue weighted by Crippen LogP contribution is -2.39. The lowest BCUT2D eigenvalue weighted by atomic mass is 9.62. The predicted molar refractivity (Wildman–Crippen MR) is 84.4 cm³/mol. The van der Waals surface area contributed by atoms with Crippen molar-refractivity contribution in [2.45, 2.75) is 30.2 Å². The second kappa shape index (κ2) is 5.18. The van der Waals surface area contributed by atoms with E-state index in [1.165, 1.54) is 18.2 Å². The van der Waals surface area contributed by atoms with Crippen LogP contribution in [0, 0.1) is 22.7 Å². The molecule has 2 aliphatic heterocycles. The molecule has 0 N–H and O–H groups in total. The first-order valence-electron chi connectivity index (χ1n) is 7.77. The maximum Gasteiger partial charge on any atom is 0.244 e. The Hall–Kier alpha value is -1.13. The smallest absolute Gasteiger partial charge is 0.244 e. The fraction of sp³-hybridized carbons (Fsp3) is 0.562. The van der Waals surface area contributed by atoms with Crippen LogP contribution in [0.1, 0.15) is 24.8 Å². The molecule has 0 radical (unpaired) electrons. The molecule has 23 heavy (non-hydrogen) atoms. The van der Waals surface area contributed by atoms with Crippen LogP contribution in [0.4, 0.5) is 0 Å². The fourth-order valence-corrected chi connectivity index (χ4v) is 6.55. The van der Waals surface area contributed by atoms with E-state index in [4.69, 9.17) is 21.6 Å². The minimum absolute atomic E-state index is 0.0835. The van der Waals surface area contributed by atoms with Gasteiger partial charge in [0.2, 0.25) is 10.0 Å². The maximum absolute atomic E-state index is 13.1. The zero-order chi connectivity index (χ0) is 16.2. The third-order valence-electron chi connectivity index (χ3n) is 5.67. The number of nitrogens with zero attached hydrogens (tertiary/aromatic N) is 2. The van der Waals surface area contributed by atoms with Gasteiger partial charge >= 0.3 is 0 Å². The number of sulfonamides is 1. The van der Waals surface area contributed by atoms with Crippen LogP contribution < -0.4 is 0 Å². The van der Waals surface area contributed by atoms with Crippen molar-refractivity contribution in [1.29, 1.82) is 5.26 Å². The molecule has 1 spiro atoms. The number of halogens is 1. The Bertz CT molecular complexity index is 798. The molecular formula is C16H17ClN2O3S. The van der Waals surface area contributed by atoms with E-state index in [0.717, 1.165) is 19.3 Å². The number of hydrogen-bond donors (Lipinski definition) is 0. The lowest BCUT2D eigenvalue weighted by molar-refractivity contribution is 0.0601. The second-order valence-corrected chi connectivity index (χ2v) is 9.00. The summed E-state index contributed by atoms with van der Waals surface area (Å²) in [5.41, 5.74) is 0.445. The average Bonchev–Trinajstić information content (AvgIpc) is 3.05. The van der Waals surface area contributed by atoms with Crippen molar-refractivity contribution in [1.82, 2.24) is 4.31 Å². The Balaban J connectivity index is 1.73. The van der Waals surface area contributed by atoms with Crippen LogP contribution in [0.3, 0.4) is 0 Å². The van der Waals surface area contributed by atoms with Gasteiger partial charge < -0.3 is 4.74 Å². The zero-order valence-corrected chi connectivity index (χ0v) is 14.1. The molecule has 2 unspecified atom stereocenters. The fourth-order valence-electron chi connectivity index (χ4n) is 4.29. The molecule has 0 aromatic heterocycles. The molecule has 1 aromatic carbocycles. The third kappa shape index (κ3) is 2.14. The van der Waals surface area contributed by atoms with Crippen molar-refractivity contribution in [2.75, 3.05) is 19.8 Å². The summed E-state index contributed by atoms with van der Waals surface area (Å²) >= 11 is 6.14. The van der Waals surface area contributed by atoms with Crippen molar-refractivity contribution in [3.05, 3.63) is 28.8 Å². The highest BCUT2D eigenvalue weighted by Gasteiger charge is 2.60. The molecule has 7 heteroatoms. The van der Waals surface area contributed by atoms with Crippen LogP contribution in [0.2, 0.25) is 5.02 Å². The van der Waals surface area contributed by atoms with Gasteiger partial charge in [0.05, 0.1) is 35.9 Å². The predicted octanol–water partition coefficient (Wildman–Crippen LogP) is 2.40. The summed E-state index contributed by atoms with van der Waals surface area (Å²) in [5, 5.41) is 9.02. The van der Waals surface area contributed by atoms with Gasteiger partial charge in [-0.15, -0.1) is 0 Å². The summed E-state index contributed by atoms with van der Waals surface area (Å²) in [4.78, 5) is 0.0835. The summed E-state index contributed by atoms with van der Waals surface area (Å²) in [6.45, 7) is 1.67. The SMILES string of the molecule is N#Cc1ccc(S(=O)(=O)N2CC3(CCC3)C3COCC32)c(Cl)c1. The van der Waals surface area contributed by atoms with Crippen molar-refractivity contribution < 1.29 is 13.2 Å². The van der Waals surface area contributed by atoms with Crippen molar-refractivity contribution in [3.63, 3.8) is 0 Å². The maximum atomic E-state index is 13.1. The lowest BCUT2D eigenvalue weighted by Gasteiger charge is -2.42. The molecule has 122 valence electrons. The quantitative estimate of drug-likeness (QED) is 0.819. The molecule has 2 heterocycles. The Morgan fingerprint density at radius 1 is 1.35 bits per heavy atom.